The number of carbonyl (C=O) groups is 1. The molecule has 6 heteroatoms. The third-order valence-electron chi connectivity index (χ3n) is 9.63. The smallest absolute Gasteiger partial charge is 0.310 e. The number of hydrogen-bond acceptors (Lipinski definition) is 6. The van der Waals surface area contributed by atoms with E-state index in [9.17, 15) is 4.79 Å². The van der Waals surface area contributed by atoms with Crippen LogP contribution < -0.4 is 9.64 Å². The lowest BCUT2D eigenvalue weighted by Gasteiger charge is -2.51. The number of epoxide rings is 1. The molecule has 5 fully saturated rings. The molecular formula is C27H38N2O4. The fourth-order valence-corrected chi connectivity index (χ4v) is 7.82. The number of carbonyl (C=O) groups excluding carboxylic acids is 1. The van der Waals surface area contributed by atoms with Gasteiger partial charge in [-0.2, -0.15) is 0 Å². The lowest BCUT2D eigenvalue weighted by molar-refractivity contribution is -0.147. The van der Waals surface area contributed by atoms with Crippen LogP contribution in [0.1, 0.15) is 46.0 Å². The van der Waals surface area contributed by atoms with Crippen LogP contribution in [0, 0.1) is 23.2 Å². The van der Waals surface area contributed by atoms with Crippen molar-refractivity contribution in [2.75, 3.05) is 44.8 Å². The first-order chi connectivity index (χ1) is 15.9. The molecule has 0 unspecified atom stereocenters. The molecule has 6 rings (SSSR count). The SMILES string of the molecule is COc1cccc(N2CCN(C[C@H]3C(=O)O[C@@H]4C[C@@]5(C)CCC[C@@]6(CO6)[C@@H]5C[C@@H]43)C[C@@H]2C)c1. The summed E-state index contributed by atoms with van der Waals surface area (Å²) in [5.74, 6) is 1.88. The highest BCUT2D eigenvalue weighted by atomic mass is 16.6. The molecule has 3 heterocycles. The molecule has 180 valence electrons. The molecule has 6 nitrogen and oxygen atoms in total. The van der Waals surface area contributed by atoms with E-state index in [1.165, 1.54) is 24.9 Å². The van der Waals surface area contributed by atoms with Gasteiger partial charge < -0.3 is 19.1 Å². The highest BCUT2D eigenvalue weighted by molar-refractivity contribution is 5.75. The maximum absolute atomic E-state index is 13.0. The molecule has 0 N–H and O–H groups in total. The maximum atomic E-state index is 13.0. The number of ether oxygens (including phenoxy) is 3. The van der Waals surface area contributed by atoms with Crippen molar-refractivity contribution in [1.82, 2.24) is 4.90 Å². The number of rotatable bonds is 4. The molecule has 0 bridgehead atoms. The molecule has 0 aromatic heterocycles. The minimum atomic E-state index is 0.00726. The number of esters is 1. The van der Waals surface area contributed by atoms with Crippen LogP contribution in [0.15, 0.2) is 24.3 Å². The van der Waals surface area contributed by atoms with Gasteiger partial charge >= 0.3 is 5.97 Å². The van der Waals surface area contributed by atoms with Crippen molar-refractivity contribution < 1.29 is 19.0 Å². The van der Waals surface area contributed by atoms with E-state index in [0.29, 0.717) is 17.9 Å². The van der Waals surface area contributed by atoms with Gasteiger partial charge in [0.15, 0.2) is 0 Å². The number of fused-ring (bicyclic) bond motifs is 3. The van der Waals surface area contributed by atoms with Crippen molar-refractivity contribution in [2.45, 2.75) is 63.7 Å². The van der Waals surface area contributed by atoms with E-state index in [0.717, 1.165) is 51.4 Å². The minimum absolute atomic E-state index is 0.00726. The van der Waals surface area contributed by atoms with E-state index >= 15 is 0 Å². The van der Waals surface area contributed by atoms with Gasteiger partial charge in [-0.15, -0.1) is 0 Å². The Labute approximate surface area is 197 Å². The third kappa shape index (κ3) is 3.65. The quantitative estimate of drug-likeness (QED) is 0.510. The van der Waals surface area contributed by atoms with Crippen LogP contribution in [0.5, 0.6) is 5.75 Å². The molecule has 1 spiro atoms. The Morgan fingerprint density at radius 2 is 2.09 bits per heavy atom. The first-order valence-electron chi connectivity index (χ1n) is 12.9. The molecule has 5 aliphatic rings. The molecule has 0 amide bonds. The first-order valence-corrected chi connectivity index (χ1v) is 12.9. The van der Waals surface area contributed by atoms with Gasteiger partial charge in [-0.3, -0.25) is 9.69 Å². The van der Waals surface area contributed by atoms with Crippen molar-refractivity contribution in [1.29, 1.82) is 0 Å². The Balaban J connectivity index is 1.13. The van der Waals surface area contributed by atoms with Crippen molar-refractivity contribution >= 4 is 11.7 Å². The van der Waals surface area contributed by atoms with Gasteiger partial charge in [0.1, 0.15) is 11.9 Å². The predicted octanol–water partition coefficient (Wildman–Crippen LogP) is 3.73. The summed E-state index contributed by atoms with van der Waals surface area (Å²) in [5.41, 5.74) is 1.59. The van der Waals surface area contributed by atoms with E-state index < -0.39 is 0 Å². The normalized spacial score (nSPS) is 42.6. The summed E-state index contributed by atoms with van der Waals surface area (Å²) < 4.78 is 17.5. The summed E-state index contributed by atoms with van der Waals surface area (Å²) in [7, 11) is 1.72. The standard InChI is InChI=1S/C27H38N2O4/c1-18-15-28(10-11-29(18)19-6-4-7-20(12-19)31-3)16-22-21-13-24-26(2,14-23(21)33-25(22)30)8-5-9-27(24)17-32-27/h4,6-7,12,18,21-24H,5,8-11,13-17H2,1-3H3/t18-,21+,22+,23+,24+,26+,27+/m0/s1. The van der Waals surface area contributed by atoms with Gasteiger partial charge in [-0.05, 0) is 62.5 Å². The maximum Gasteiger partial charge on any atom is 0.310 e. The second kappa shape index (κ2) is 7.88. The topological polar surface area (TPSA) is 54.5 Å². The molecule has 3 saturated heterocycles. The monoisotopic (exact) mass is 454 g/mol. The van der Waals surface area contributed by atoms with Crippen LogP contribution >= 0.6 is 0 Å². The third-order valence-corrected chi connectivity index (χ3v) is 9.63. The van der Waals surface area contributed by atoms with Crippen LogP contribution in [0.2, 0.25) is 0 Å². The zero-order valence-electron chi connectivity index (χ0n) is 20.3. The summed E-state index contributed by atoms with van der Waals surface area (Å²) in [6.07, 6.45) is 5.92. The summed E-state index contributed by atoms with van der Waals surface area (Å²) in [6.45, 7) is 9.35. The zero-order chi connectivity index (χ0) is 22.8. The second-order valence-electron chi connectivity index (χ2n) is 11.6. The number of piperazine rings is 1. The van der Waals surface area contributed by atoms with Crippen molar-refractivity contribution in [3.8, 4) is 5.75 Å². The first kappa shape index (κ1) is 21.7. The van der Waals surface area contributed by atoms with Crippen LogP contribution in [0.4, 0.5) is 5.69 Å². The largest absolute Gasteiger partial charge is 0.497 e. The van der Waals surface area contributed by atoms with Crippen LogP contribution in [0.3, 0.4) is 0 Å². The van der Waals surface area contributed by atoms with Crippen molar-refractivity contribution in [2.24, 2.45) is 23.2 Å². The molecule has 33 heavy (non-hydrogen) atoms. The van der Waals surface area contributed by atoms with Crippen molar-refractivity contribution in [3.63, 3.8) is 0 Å². The van der Waals surface area contributed by atoms with Gasteiger partial charge in [0.25, 0.3) is 0 Å². The van der Waals surface area contributed by atoms with Crippen LogP contribution in [-0.2, 0) is 14.3 Å². The molecule has 0 radical (unpaired) electrons. The lowest BCUT2D eigenvalue weighted by Crippen LogP contribution is -2.54. The average molecular weight is 455 g/mol. The zero-order valence-corrected chi connectivity index (χ0v) is 20.3. The molecule has 1 aromatic carbocycles. The molecule has 1 aromatic rings. The number of nitrogens with zero attached hydrogens (tertiary/aromatic N) is 2. The highest BCUT2D eigenvalue weighted by Crippen LogP contribution is 2.62. The second-order valence-corrected chi connectivity index (χ2v) is 11.6. The van der Waals surface area contributed by atoms with Gasteiger partial charge in [0, 0.05) is 49.9 Å². The Morgan fingerprint density at radius 3 is 2.85 bits per heavy atom. The summed E-state index contributed by atoms with van der Waals surface area (Å²) >= 11 is 0. The van der Waals surface area contributed by atoms with E-state index in [4.69, 9.17) is 14.2 Å². The van der Waals surface area contributed by atoms with Gasteiger partial charge in [-0.1, -0.05) is 13.0 Å². The molecule has 3 aliphatic heterocycles. The number of methoxy groups -OCH3 is 1. The fraction of sp³-hybridized carbons (Fsp3) is 0.741. The van der Waals surface area contributed by atoms with Crippen LogP contribution in [-0.4, -0.2) is 68.5 Å². The molecule has 2 saturated carbocycles. The van der Waals surface area contributed by atoms with E-state index in [1.54, 1.807) is 7.11 Å². The number of anilines is 1. The van der Waals surface area contributed by atoms with E-state index in [2.05, 4.69) is 41.8 Å². The lowest BCUT2D eigenvalue weighted by atomic mass is 9.53. The van der Waals surface area contributed by atoms with Gasteiger partial charge in [0.2, 0.25) is 0 Å². The van der Waals surface area contributed by atoms with E-state index in [-0.39, 0.29) is 29.0 Å². The Kier molecular flexibility index (Phi) is 5.18. The van der Waals surface area contributed by atoms with Gasteiger partial charge in [0.05, 0.1) is 25.2 Å². The van der Waals surface area contributed by atoms with Gasteiger partial charge in [-0.25, -0.2) is 0 Å². The van der Waals surface area contributed by atoms with E-state index in [1.807, 2.05) is 6.07 Å². The van der Waals surface area contributed by atoms with Crippen molar-refractivity contribution in [3.05, 3.63) is 24.3 Å². The fourth-order valence-electron chi connectivity index (χ4n) is 7.82. The highest BCUT2D eigenvalue weighted by Gasteiger charge is 2.65. The molecular weight excluding hydrogens is 416 g/mol. The summed E-state index contributed by atoms with van der Waals surface area (Å²) in [5, 5.41) is 0. The summed E-state index contributed by atoms with van der Waals surface area (Å²) in [6, 6.07) is 8.71. The molecule has 7 atom stereocenters. The molecule has 2 aliphatic carbocycles. The Hall–Kier alpha value is -1.79. The summed E-state index contributed by atoms with van der Waals surface area (Å²) in [4.78, 5) is 18.0. The minimum Gasteiger partial charge on any atom is -0.497 e. The Morgan fingerprint density at radius 1 is 1.24 bits per heavy atom. The van der Waals surface area contributed by atoms with Crippen LogP contribution in [0.25, 0.3) is 0 Å². The average Bonchev–Trinajstić information content (AvgIpc) is 3.50. The number of benzene rings is 1. The number of hydrogen-bond donors (Lipinski definition) is 0. The predicted molar refractivity (Wildman–Crippen MR) is 126 cm³/mol. The Bertz CT molecular complexity index is 917.